The Balaban J connectivity index is 2.59. The number of hydrogen-bond donors (Lipinski definition) is 0. The van der Waals surface area contributed by atoms with Crippen molar-refractivity contribution in [1.82, 2.24) is 0 Å². The molecule has 0 amide bonds. The SMILES string of the molecule is CCOC1C=C(OC(C)Br)CCCCCC1. The molecule has 0 aliphatic heterocycles. The third-order valence-electron chi connectivity index (χ3n) is 2.73. The molecule has 0 fully saturated rings. The van der Waals surface area contributed by atoms with Crippen molar-refractivity contribution >= 4 is 15.9 Å². The van der Waals surface area contributed by atoms with Crippen LogP contribution in [0.25, 0.3) is 0 Å². The Bertz CT molecular complexity index is 214. The van der Waals surface area contributed by atoms with Crippen LogP contribution in [0.5, 0.6) is 0 Å². The second-order valence-corrected chi connectivity index (χ2v) is 5.53. The Morgan fingerprint density at radius 2 is 2.12 bits per heavy atom. The molecular weight excluding hydrogens is 268 g/mol. The Labute approximate surface area is 108 Å². The molecule has 2 atom stereocenters. The van der Waals surface area contributed by atoms with E-state index < -0.39 is 0 Å². The van der Waals surface area contributed by atoms with Gasteiger partial charge in [0.15, 0.2) is 0 Å². The number of allylic oxidation sites excluding steroid dienone is 1. The molecule has 1 aliphatic carbocycles. The Kier molecular flexibility index (Phi) is 7.13. The lowest BCUT2D eigenvalue weighted by Gasteiger charge is -2.16. The summed E-state index contributed by atoms with van der Waals surface area (Å²) in [6.07, 6.45) is 9.68. The topological polar surface area (TPSA) is 18.5 Å². The highest BCUT2D eigenvalue weighted by atomic mass is 79.9. The average Bonchev–Trinajstić information content (AvgIpc) is 2.30. The summed E-state index contributed by atoms with van der Waals surface area (Å²) in [6.45, 7) is 4.83. The van der Waals surface area contributed by atoms with Gasteiger partial charge in [-0.25, -0.2) is 0 Å². The molecule has 94 valence electrons. The van der Waals surface area contributed by atoms with E-state index in [-0.39, 0.29) is 11.1 Å². The maximum Gasteiger partial charge on any atom is 0.150 e. The molecule has 0 heterocycles. The standard InChI is InChI=1S/C13H23BrO2/c1-3-15-12-8-6-4-5-7-9-13(10-12)16-11(2)14/h10-12H,3-9H2,1-2H3. The van der Waals surface area contributed by atoms with Crippen molar-refractivity contribution in [3.8, 4) is 0 Å². The Hall–Kier alpha value is -0.0200. The zero-order valence-electron chi connectivity index (χ0n) is 10.4. The first kappa shape index (κ1) is 14.0. The highest BCUT2D eigenvalue weighted by Crippen LogP contribution is 2.21. The van der Waals surface area contributed by atoms with E-state index in [1.165, 1.54) is 25.7 Å². The number of ether oxygens (including phenoxy) is 2. The molecule has 0 aromatic carbocycles. The highest BCUT2D eigenvalue weighted by Gasteiger charge is 2.12. The Morgan fingerprint density at radius 1 is 1.38 bits per heavy atom. The highest BCUT2D eigenvalue weighted by molar-refractivity contribution is 9.09. The summed E-state index contributed by atoms with van der Waals surface area (Å²) in [5.74, 6) is 1.09. The van der Waals surface area contributed by atoms with Gasteiger partial charge in [0.2, 0.25) is 0 Å². The molecule has 1 aliphatic rings. The van der Waals surface area contributed by atoms with Crippen LogP contribution in [0, 0.1) is 0 Å². The minimum Gasteiger partial charge on any atom is -0.484 e. The minimum atomic E-state index is 0.0850. The molecule has 0 bridgehead atoms. The molecule has 2 unspecified atom stereocenters. The third-order valence-corrected chi connectivity index (χ3v) is 2.92. The summed E-state index contributed by atoms with van der Waals surface area (Å²) in [6, 6.07) is 0. The molecule has 0 spiro atoms. The molecule has 0 aromatic rings. The fourth-order valence-electron chi connectivity index (χ4n) is 2.02. The normalized spacial score (nSPS) is 24.9. The van der Waals surface area contributed by atoms with E-state index in [1.54, 1.807) is 0 Å². The molecule has 0 saturated carbocycles. The number of halogens is 1. The monoisotopic (exact) mass is 290 g/mol. The summed E-state index contributed by atoms with van der Waals surface area (Å²) >= 11 is 3.43. The molecule has 0 saturated heterocycles. The van der Waals surface area contributed by atoms with Crippen LogP contribution in [0.4, 0.5) is 0 Å². The van der Waals surface area contributed by atoms with Crippen LogP contribution in [0.1, 0.15) is 52.4 Å². The molecule has 0 radical (unpaired) electrons. The van der Waals surface area contributed by atoms with Crippen LogP contribution in [0.2, 0.25) is 0 Å². The van der Waals surface area contributed by atoms with Gasteiger partial charge in [0, 0.05) is 13.0 Å². The van der Waals surface area contributed by atoms with Gasteiger partial charge in [-0.3, -0.25) is 0 Å². The van der Waals surface area contributed by atoms with Gasteiger partial charge in [0.1, 0.15) is 5.01 Å². The first-order chi connectivity index (χ1) is 7.72. The maximum atomic E-state index is 5.76. The van der Waals surface area contributed by atoms with Crippen molar-refractivity contribution in [1.29, 1.82) is 0 Å². The van der Waals surface area contributed by atoms with Gasteiger partial charge in [-0.05, 0) is 48.7 Å². The summed E-state index contributed by atoms with van der Waals surface area (Å²) in [5.41, 5.74) is 0. The molecule has 2 nitrogen and oxygen atoms in total. The van der Waals surface area contributed by atoms with Gasteiger partial charge < -0.3 is 9.47 Å². The van der Waals surface area contributed by atoms with Crippen molar-refractivity contribution in [2.75, 3.05) is 6.61 Å². The van der Waals surface area contributed by atoms with E-state index in [0.29, 0.717) is 0 Å². The third kappa shape index (κ3) is 5.90. The lowest BCUT2D eigenvalue weighted by molar-refractivity contribution is 0.0834. The predicted octanol–water partition coefficient (Wildman–Crippen LogP) is 4.39. The van der Waals surface area contributed by atoms with Gasteiger partial charge in [0.05, 0.1) is 11.9 Å². The summed E-state index contributed by atoms with van der Waals surface area (Å²) in [4.78, 5) is 0. The van der Waals surface area contributed by atoms with Gasteiger partial charge in [-0.2, -0.15) is 0 Å². The van der Waals surface area contributed by atoms with Crippen LogP contribution >= 0.6 is 15.9 Å². The van der Waals surface area contributed by atoms with Crippen molar-refractivity contribution in [3.05, 3.63) is 11.8 Å². The average molecular weight is 291 g/mol. The fraction of sp³-hybridized carbons (Fsp3) is 0.846. The summed E-state index contributed by atoms with van der Waals surface area (Å²) < 4.78 is 11.5. The van der Waals surface area contributed by atoms with E-state index >= 15 is 0 Å². The van der Waals surface area contributed by atoms with Crippen molar-refractivity contribution in [2.45, 2.75) is 63.5 Å². The fourth-order valence-corrected chi connectivity index (χ4v) is 2.26. The second kappa shape index (κ2) is 8.13. The van der Waals surface area contributed by atoms with E-state index in [9.17, 15) is 0 Å². The van der Waals surface area contributed by atoms with Crippen LogP contribution < -0.4 is 0 Å². The smallest absolute Gasteiger partial charge is 0.150 e. The zero-order chi connectivity index (χ0) is 11.8. The minimum absolute atomic E-state index is 0.0850. The lowest BCUT2D eigenvalue weighted by Crippen LogP contribution is -2.11. The van der Waals surface area contributed by atoms with Crippen LogP contribution in [0.15, 0.2) is 11.8 Å². The van der Waals surface area contributed by atoms with Crippen molar-refractivity contribution in [2.24, 2.45) is 0 Å². The lowest BCUT2D eigenvalue weighted by atomic mass is 10.1. The van der Waals surface area contributed by atoms with Gasteiger partial charge in [-0.1, -0.05) is 19.3 Å². The van der Waals surface area contributed by atoms with Crippen LogP contribution in [-0.2, 0) is 9.47 Å². The number of alkyl halides is 1. The van der Waals surface area contributed by atoms with Gasteiger partial charge >= 0.3 is 0 Å². The van der Waals surface area contributed by atoms with E-state index in [1.807, 2.05) is 13.8 Å². The Morgan fingerprint density at radius 3 is 2.81 bits per heavy atom. The predicted molar refractivity (Wildman–Crippen MR) is 70.7 cm³/mol. The van der Waals surface area contributed by atoms with Crippen molar-refractivity contribution in [3.63, 3.8) is 0 Å². The number of hydrogen-bond acceptors (Lipinski definition) is 2. The largest absolute Gasteiger partial charge is 0.484 e. The molecule has 3 heteroatoms. The molecule has 0 N–H and O–H groups in total. The first-order valence-electron chi connectivity index (χ1n) is 6.35. The molecular formula is C13H23BrO2. The van der Waals surface area contributed by atoms with E-state index in [2.05, 4.69) is 22.0 Å². The second-order valence-electron chi connectivity index (χ2n) is 4.24. The quantitative estimate of drug-likeness (QED) is 0.715. The number of rotatable bonds is 4. The first-order valence-corrected chi connectivity index (χ1v) is 7.27. The maximum absolute atomic E-state index is 5.76. The van der Waals surface area contributed by atoms with Crippen LogP contribution in [0.3, 0.4) is 0 Å². The van der Waals surface area contributed by atoms with Crippen LogP contribution in [-0.4, -0.2) is 17.7 Å². The van der Waals surface area contributed by atoms with Crippen molar-refractivity contribution < 1.29 is 9.47 Å². The summed E-state index contributed by atoms with van der Waals surface area (Å²) in [5, 5.41) is 0.0850. The molecule has 0 aromatic heterocycles. The molecule has 1 rings (SSSR count). The summed E-state index contributed by atoms with van der Waals surface area (Å²) in [7, 11) is 0. The van der Waals surface area contributed by atoms with Gasteiger partial charge in [-0.15, -0.1) is 0 Å². The van der Waals surface area contributed by atoms with Gasteiger partial charge in [0.25, 0.3) is 0 Å². The zero-order valence-corrected chi connectivity index (χ0v) is 12.0. The van der Waals surface area contributed by atoms with E-state index in [4.69, 9.17) is 9.47 Å². The van der Waals surface area contributed by atoms with E-state index in [0.717, 1.165) is 25.2 Å². The molecule has 16 heavy (non-hydrogen) atoms.